The van der Waals surface area contributed by atoms with Crippen molar-refractivity contribution < 1.29 is 9.53 Å². The highest BCUT2D eigenvalue weighted by atomic mass is 16.5. The molecule has 0 aliphatic rings. The van der Waals surface area contributed by atoms with E-state index in [1.165, 1.54) is 0 Å². The predicted octanol–water partition coefficient (Wildman–Crippen LogP) is 3.54. The van der Waals surface area contributed by atoms with Crippen LogP contribution in [-0.4, -0.2) is 12.9 Å². The van der Waals surface area contributed by atoms with E-state index in [2.05, 4.69) is 0 Å². The van der Waals surface area contributed by atoms with Crippen LogP contribution in [0.2, 0.25) is 0 Å². The van der Waals surface area contributed by atoms with Crippen molar-refractivity contribution in [3.63, 3.8) is 0 Å². The van der Waals surface area contributed by atoms with Gasteiger partial charge in [-0.3, -0.25) is 4.79 Å². The van der Waals surface area contributed by atoms with Gasteiger partial charge in [-0.1, -0.05) is 18.2 Å². The molecule has 2 rings (SSSR count). The van der Waals surface area contributed by atoms with Gasteiger partial charge in [-0.05, 0) is 49.2 Å². The lowest BCUT2D eigenvalue weighted by Gasteiger charge is -2.08. The van der Waals surface area contributed by atoms with Gasteiger partial charge < -0.3 is 4.74 Å². The fourth-order valence-electron chi connectivity index (χ4n) is 1.89. The molecule has 2 nitrogen and oxygen atoms in total. The Balaban J connectivity index is 2.38. The Morgan fingerprint density at radius 2 is 1.67 bits per heavy atom. The van der Waals surface area contributed by atoms with Crippen LogP contribution in [0.1, 0.15) is 27.0 Å². The summed E-state index contributed by atoms with van der Waals surface area (Å²) in [6.45, 7) is 3.99. The molecule has 0 radical (unpaired) electrons. The van der Waals surface area contributed by atoms with Crippen LogP contribution in [0, 0.1) is 13.8 Å². The highest BCUT2D eigenvalue weighted by Gasteiger charge is 2.12. The van der Waals surface area contributed by atoms with Crippen LogP contribution in [0.15, 0.2) is 42.5 Å². The van der Waals surface area contributed by atoms with Gasteiger partial charge in [0.05, 0.1) is 7.11 Å². The van der Waals surface area contributed by atoms with Gasteiger partial charge in [0.1, 0.15) is 5.75 Å². The number of benzene rings is 2. The van der Waals surface area contributed by atoms with Crippen molar-refractivity contribution in [3.05, 3.63) is 64.7 Å². The molecule has 2 heteroatoms. The van der Waals surface area contributed by atoms with Crippen molar-refractivity contribution in [1.82, 2.24) is 0 Å². The van der Waals surface area contributed by atoms with Crippen LogP contribution >= 0.6 is 0 Å². The number of hydrogen-bond donors (Lipinski definition) is 0. The first kappa shape index (κ1) is 12.4. The number of rotatable bonds is 3. The van der Waals surface area contributed by atoms with Crippen LogP contribution in [0.3, 0.4) is 0 Å². The second kappa shape index (κ2) is 5.05. The van der Waals surface area contributed by atoms with E-state index >= 15 is 0 Å². The highest BCUT2D eigenvalue weighted by Crippen LogP contribution is 2.19. The van der Waals surface area contributed by atoms with Crippen LogP contribution in [0.4, 0.5) is 0 Å². The van der Waals surface area contributed by atoms with Crippen molar-refractivity contribution in [2.75, 3.05) is 7.11 Å². The summed E-state index contributed by atoms with van der Waals surface area (Å²) < 4.78 is 5.09. The molecular formula is C16H16O2. The smallest absolute Gasteiger partial charge is 0.193 e. The normalized spacial score (nSPS) is 10.2. The van der Waals surface area contributed by atoms with Gasteiger partial charge in [0.2, 0.25) is 0 Å². The van der Waals surface area contributed by atoms with Crippen LogP contribution in [0.25, 0.3) is 0 Å². The molecule has 0 aliphatic heterocycles. The van der Waals surface area contributed by atoms with Crippen LogP contribution in [0.5, 0.6) is 5.75 Å². The van der Waals surface area contributed by atoms with E-state index < -0.39 is 0 Å². The van der Waals surface area contributed by atoms with Crippen LogP contribution < -0.4 is 4.74 Å². The Morgan fingerprint density at radius 3 is 2.28 bits per heavy atom. The number of carbonyl (C=O) groups is 1. The van der Waals surface area contributed by atoms with E-state index in [4.69, 9.17) is 4.74 Å². The molecule has 0 N–H and O–H groups in total. The molecule has 2 aromatic carbocycles. The first-order chi connectivity index (χ1) is 8.63. The lowest BCUT2D eigenvalue weighted by molar-refractivity contribution is 0.103. The lowest BCUT2D eigenvalue weighted by atomic mass is 9.96. The average molecular weight is 240 g/mol. The van der Waals surface area contributed by atoms with Gasteiger partial charge in [0.15, 0.2) is 5.78 Å². The topological polar surface area (TPSA) is 26.3 Å². The highest BCUT2D eigenvalue weighted by molar-refractivity contribution is 6.10. The maximum atomic E-state index is 12.4. The predicted molar refractivity (Wildman–Crippen MR) is 72.3 cm³/mol. The Kier molecular flexibility index (Phi) is 3.47. The molecule has 0 fully saturated rings. The number of methoxy groups -OCH3 is 1. The van der Waals surface area contributed by atoms with E-state index in [1.807, 2.05) is 32.0 Å². The summed E-state index contributed by atoms with van der Waals surface area (Å²) in [5, 5.41) is 0. The fourth-order valence-corrected chi connectivity index (χ4v) is 1.89. The minimum Gasteiger partial charge on any atom is -0.497 e. The second-order valence-electron chi connectivity index (χ2n) is 4.31. The minimum absolute atomic E-state index is 0.0545. The standard InChI is InChI=1S/C16H16O2/c1-11-5-4-6-15(12(11)2)16(17)13-7-9-14(18-3)10-8-13/h4-10H,1-3H3. The molecule has 0 saturated carbocycles. The monoisotopic (exact) mass is 240 g/mol. The molecule has 0 aliphatic carbocycles. The fraction of sp³-hybridized carbons (Fsp3) is 0.188. The van der Waals surface area contributed by atoms with Crippen molar-refractivity contribution in [3.8, 4) is 5.75 Å². The van der Waals surface area contributed by atoms with Crippen molar-refractivity contribution in [1.29, 1.82) is 0 Å². The van der Waals surface area contributed by atoms with Gasteiger partial charge >= 0.3 is 0 Å². The maximum absolute atomic E-state index is 12.4. The largest absolute Gasteiger partial charge is 0.497 e. The minimum atomic E-state index is 0.0545. The van der Waals surface area contributed by atoms with Crippen molar-refractivity contribution in [2.45, 2.75) is 13.8 Å². The maximum Gasteiger partial charge on any atom is 0.193 e. The molecule has 2 aromatic rings. The Labute approximate surface area is 107 Å². The van der Waals surface area contributed by atoms with Crippen LogP contribution in [-0.2, 0) is 0 Å². The third-order valence-electron chi connectivity index (χ3n) is 3.20. The Bertz CT molecular complexity index is 568. The summed E-state index contributed by atoms with van der Waals surface area (Å²) in [6.07, 6.45) is 0. The summed E-state index contributed by atoms with van der Waals surface area (Å²) in [7, 11) is 1.61. The number of ketones is 1. The van der Waals surface area contributed by atoms with Crippen molar-refractivity contribution >= 4 is 5.78 Å². The Hall–Kier alpha value is -2.09. The molecule has 0 amide bonds. The summed E-state index contributed by atoms with van der Waals surface area (Å²) in [4.78, 5) is 12.4. The van der Waals surface area contributed by atoms with E-state index in [0.717, 1.165) is 22.4 Å². The zero-order valence-corrected chi connectivity index (χ0v) is 10.9. The molecule has 0 heterocycles. The third-order valence-corrected chi connectivity index (χ3v) is 3.20. The lowest BCUT2D eigenvalue weighted by Crippen LogP contribution is -2.04. The Morgan fingerprint density at radius 1 is 1.00 bits per heavy atom. The number of hydrogen-bond acceptors (Lipinski definition) is 2. The number of aryl methyl sites for hydroxylation is 1. The molecule has 0 saturated heterocycles. The molecule has 0 unspecified atom stereocenters. The van der Waals surface area contributed by atoms with Gasteiger partial charge in [0.25, 0.3) is 0 Å². The summed E-state index contributed by atoms with van der Waals surface area (Å²) in [5.74, 6) is 0.811. The summed E-state index contributed by atoms with van der Waals surface area (Å²) in [6, 6.07) is 13.0. The van der Waals surface area contributed by atoms with Gasteiger partial charge in [-0.25, -0.2) is 0 Å². The molecule has 92 valence electrons. The van der Waals surface area contributed by atoms with Gasteiger partial charge in [-0.2, -0.15) is 0 Å². The second-order valence-corrected chi connectivity index (χ2v) is 4.31. The number of carbonyl (C=O) groups excluding carboxylic acids is 1. The molecule has 0 bridgehead atoms. The van der Waals surface area contributed by atoms with E-state index in [-0.39, 0.29) is 5.78 Å². The number of ether oxygens (including phenoxy) is 1. The SMILES string of the molecule is COc1ccc(C(=O)c2cccc(C)c2C)cc1. The molecule has 18 heavy (non-hydrogen) atoms. The third kappa shape index (κ3) is 2.28. The first-order valence-electron chi connectivity index (χ1n) is 5.88. The summed E-state index contributed by atoms with van der Waals surface area (Å²) in [5.41, 5.74) is 3.62. The molecule has 0 aromatic heterocycles. The molecule has 0 atom stereocenters. The molecular weight excluding hydrogens is 224 g/mol. The van der Waals surface area contributed by atoms with E-state index in [9.17, 15) is 4.79 Å². The molecule has 0 spiro atoms. The zero-order chi connectivity index (χ0) is 13.1. The quantitative estimate of drug-likeness (QED) is 0.767. The summed E-state index contributed by atoms with van der Waals surface area (Å²) >= 11 is 0. The van der Waals surface area contributed by atoms with Crippen molar-refractivity contribution in [2.24, 2.45) is 0 Å². The average Bonchev–Trinajstić information content (AvgIpc) is 2.41. The van der Waals surface area contributed by atoms with E-state index in [0.29, 0.717) is 5.56 Å². The zero-order valence-electron chi connectivity index (χ0n) is 10.9. The van der Waals surface area contributed by atoms with Gasteiger partial charge in [-0.15, -0.1) is 0 Å². The van der Waals surface area contributed by atoms with E-state index in [1.54, 1.807) is 31.4 Å². The first-order valence-corrected chi connectivity index (χ1v) is 5.88. The van der Waals surface area contributed by atoms with Gasteiger partial charge in [0, 0.05) is 11.1 Å².